The Labute approximate surface area is 171 Å². The van der Waals surface area contributed by atoms with Gasteiger partial charge in [0.2, 0.25) is 10.0 Å². The molecule has 0 radical (unpaired) electrons. The summed E-state index contributed by atoms with van der Waals surface area (Å²) in [6, 6.07) is 7.58. The second-order valence-electron chi connectivity index (χ2n) is 7.25. The molecule has 1 saturated heterocycles. The van der Waals surface area contributed by atoms with Crippen LogP contribution in [0.2, 0.25) is 0 Å². The molecule has 1 aromatic carbocycles. The number of piperidine rings is 1. The predicted octanol–water partition coefficient (Wildman–Crippen LogP) is 3.25. The third kappa shape index (κ3) is 3.99. The van der Waals surface area contributed by atoms with Crippen molar-refractivity contribution in [3.05, 3.63) is 48.4 Å². The molecule has 0 spiro atoms. The van der Waals surface area contributed by atoms with Gasteiger partial charge >= 0.3 is 6.18 Å². The number of pyridine rings is 1. The highest BCUT2D eigenvalue weighted by atomic mass is 32.2. The predicted molar refractivity (Wildman–Crippen MR) is 105 cm³/mol. The van der Waals surface area contributed by atoms with Crippen molar-refractivity contribution in [2.45, 2.75) is 30.0 Å². The largest absolute Gasteiger partial charge is 0.433 e. The minimum Gasteiger partial charge on any atom is -0.367 e. The molecule has 2 aromatic heterocycles. The van der Waals surface area contributed by atoms with Crippen molar-refractivity contribution in [3.63, 3.8) is 0 Å². The molecule has 0 unspecified atom stereocenters. The van der Waals surface area contributed by atoms with Crippen LogP contribution in [0.15, 0.2) is 47.6 Å². The highest BCUT2D eigenvalue weighted by molar-refractivity contribution is 7.89. The number of alkyl halides is 3. The summed E-state index contributed by atoms with van der Waals surface area (Å²) >= 11 is 0. The van der Waals surface area contributed by atoms with Gasteiger partial charge in [-0.05, 0) is 24.3 Å². The maximum atomic E-state index is 13.2. The van der Waals surface area contributed by atoms with Gasteiger partial charge < -0.3 is 5.32 Å². The number of nitrogens with zero attached hydrogens (tertiary/aromatic N) is 4. The summed E-state index contributed by atoms with van der Waals surface area (Å²) in [4.78, 5) is 3.93. The van der Waals surface area contributed by atoms with Crippen LogP contribution in [-0.4, -0.2) is 46.6 Å². The molecular formula is C19H20F3N5O2S. The highest BCUT2D eigenvalue weighted by Gasteiger charge is 2.34. The lowest BCUT2D eigenvalue weighted by Crippen LogP contribution is -2.42. The second-order valence-corrected chi connectivity index (χ2v) is 9.19. The van der Waals surface area contributed by atoms with Crippen molar-refractivity contribution in [2.75, 3.05) is 18.4 Å². The van der Waals surface area contributed by atoms with Crippen molar-refractivity contribution >= 4 is 26.6 Å². The molecule has 1 fully saturated rings. The Hall–Kier alpha value is -2.66. The minimum atomic E-state index is -4.55. The van der Waals surface area contributed by atoms with Gasteiger partial charge in [-0.2, -0.15) is 22.6 Å². The number of aromatic nitrogens is 3. The van der Waals surface area contributed by atoms with Gasteiger partial charge in [0, 0.05) is 37.8 Å². The molecule has 30 heavy (non-hydrogen) atoms. The van der Waals surface area contributed by atoms with Crippen LogP contribution in [0.25, 0.3) is 10.8 Å². The van der Waals surface area contributed by atoms with E-state index in [1.54, 1.807) is 31.3 Å². The van der Waals surface area contributed by atoms with Gasteiger partial charge in [-0.25, -0.2) is 13.4 Å². The van der Waals surface area contributed by atoms with E-state index in [1.807, 2.05) is 0 Å². The van der Waals surface area contributed by atoms with Crippen LogP contribution < -0.4 is 5.32 Å². The van der Waals surface area contributed by atoms with Crippen LogP contribution in [0.1, 0.15) is 18.5 Å². The van der Waals surface area contributed by atoms with Gasteiger partial charge in [0.05, 0.1) is 6.20 Å². The van der Waals surface area contributed by atoms with Crippen molar-refractivity contribution < 1.29 is 21.6 Å². The van der Waals surface area contributed by atoms with Crippen LogP contribution in [-0.2, 0) is 23.2 Å². The summed E-state index contributed by atoms with van der Waals surface area (Å²) < 4.78 is 68.0. The number of sulfonamides is 1. The van der Waals surface area contributed by atoms with E-state index >= 15 is 0 Å². The summed E-state index contributed by atoms with van der Waals surface area (Å²) in [6.45, 7) is 0.511. The lowest BCUT2D eigenvalue weighted by molar-refractivity contribution is -0.141. The smallest absolute Gasteiger partial charge is 0.367 e. The minimum absolute atomic E-state index is 0.127. The SMILES string of the molecule is Cn1cc(S(=O)(=O)N2CCC(Nc3nc(C(F)(F)F)cc4ccccc34)CC2)cn1. The Morgan fingerprint density at radius 2 is 1.87 bits per heavy atom. The molecule has 1 aliphatic rings. The van der Waals surface area contributed by atoms with Gasteiger partial charge in [-0.3, -0.25) is 4.68 Å². The second kappa shape index (κ2) is 7.55. The zero-order valence-electron chi connectivity index (χ0n) is 16.1. The Kier molecular flexibility index (Phi) is 5.18. The summed E-state index contributed by atoms with van der Waals surface area (Å²) in [5.41, 5.74) is -0.958. The zero-order valence-corrected chi connectivity index (χ0v) is 16.9. The van der Waals surface area contributed by atoms with Crippen LogP contribution in [0.4, 0.5) is 19.0 Å². The topological polar surface area (TPSA) is 80.1 Å². The van der Waals surface area contributed by atoms with Crippen LogP contribution >= 0.6 is 0 Å². The van der Waals surface area contributed by atoms with Crippen LogP contribution in [0, 0.1) is 0 Å². The van der Waals surface area contributed by atoms with Crippen LogP contribution in [0.3, 0.4) is 0 Å². The van der Waals surface area contributed by atoms with E-state index in [2.05, 4.69) is 15.4 Å². The van der Waals surface area contributed by atoms with E-state index in [9.17, 15) is 21.6 Å². The van der Waals surface area contributed by atoms with Gasteiger partial charge in [0.15, 0.2) is 0 Å². The number of halogens is 3. The number of benzene rings is 1. The number of rotatable bonds is 4. The fourth-order valence-electron chi connectivity index (χ4n) is 3.57. The normalized spacial score (nSPS) is 16.8. The fraction of sp³-hybridized carbons (Fsp3) is 0.368. The van der Waals surface area contributed by atoms with Gasteiger partial charge in [-0.15, -0.1) is 0 Å². The zero-order chi connectivity index (χ0) is 21.5. The molecule has 1 N–H and O–H groups in total. The van der Waals surface area contributed by atoms with Crippen LogP contribution in [0.5, 0.6) is 0 Å². The fourth-order valence-corrected chi connectivity index (χ4v) is 5.02. The Morgan fingerprint density at radius 3 is 2.50 bits per heavy atom. The molecule has 0 bridgehead atoms. The molecule has 0 saturated carbocycles. The lowest BCUT2D eigenvalue weighted by Gasteiger charge is -2.31. The molecule has 11 heteroatoms. The van der Waals surface area contributed by atoms with E-state index < -0.39 is 21.9 Å². The molecule has 0 amide bonds. The molecule has 0 aliphatic carbocycles. The average Bonchev–Trinajstić information content (AvgIpc) is 3.15. The Morgan fingerprint density at radius 1 is 1.17 bits per heavy atom. The first-order valence-electron chi connectivity index (χ1n) is 9.37. The Balaban J connectivity index is 1.52. The summed E-state index contributed by atoms with van der Waals surface area (Å²) in [5, 5.41) is 8.04. The number of nitrogens with one attached hydrogen (secondary N) is 1. The third-order valence-corrected chi connectivity index (χ3v) is 7.00. The van der Waals surface area contributed by atoms with E-state index in [1.165, 1.54) is 21.4 Å². The number of aryl methyl sites for hydroxylation is 1. The van der Waals surface area contributed by atoms with Gasteiger partial charge in [0.1, 0.15) is 16.4 Å². The quantitative estimate of drug-likeness (QED) is 0.675. The summed E-state index contributed by atoms with van der Waals surface area (Å²) in [5.74, 6) is 0.161. The third-order valence-electron chi connectivity index (χ3n) is 5.14. The molecule has 0 atom stereocenters. The lowest BCUT2D eigenvalue weighted by atomic mass is 10.1. The van der Waals surface area contributed by atoms with Gasteiger partial charge in [-0.1, -0.05) is 24.3 Å². The number of hydrogen-bond donors (Lipinski definition) is 1. The molecule has 4 rings (SSSR count). The first kappa shape index (κ1) is 20.6. The average molecular weight is 439 g/mol. The summed E-state index contributed by atoms with van der Waals surface area (Å²) in [6.07, 6.45) is -0.907. The Bertz CT molecular complexity index is 1170. The maximum Gasteiger partial charge on any atom is 0.433 e. The maximum absolute atomic E-state index is 13.2. The molecule has 3 aromatic rings. The van der Waals surface area contributed by atoms with Crippen molar-refractivity contribution in [1.82, 2.24) is 19.1 Å². The first-order valence-corrected chi connectivity index (χ1v) is 10.8. The highest BCUT2D eigenvalue weighted by Crippen LogP contribution is 2.33. The van der Waals surface area contributed by atoms with E-state index in [4.69, 9.17) is 0 Å². The first-order chi connectivity index (χ1) is 14.1. The summed E-state index contributed by atoms with van der Waals surface area (Å²) in [7, 11) is -2.00. The number of fused-ring (bicyclic) bond motifs is 1. The molecule has 3 heterocycles. The number of anilines is 1. The standard InChI is InChI=1S/C19H20F3N5O2S/c1-26-12-15(11-23-26)30(28,29)27-8-6-14(7-9-27)24-18-16-5-3-2-4-13(16)10-17(25-18)19(20,21)22/h2-5,10-12,14H,6-9H2,1H3,(H,24,25). The molecular weight excluding hydrogens is 419 g/mol. The van der Waals surface area contributed by atoms with E-state index in [-0.39, 0.29) is 29.8 Å². The van der Waals surface area contributed by atoms with E-state index in [0.29, 0.717) is 23.6 Å². The van der Waals surface area contributed by atoms with Gasteiger partial charge in [0.25, 0.3) is 0 Å². The van der Waals surface area contributed by atoms with Crippen molar-refractivity contribution in [2.24, 2.45) is 7.05 Å². The molecule has 7 nitrogen and oxygen atoms in total. The number of hydrogen-bond acceptors (Lipinski definition) is 5. The van der Waals surface area contributed by atoms with E-state index in [0.717, 1.165) is 6.07 Å². The molecule has 160 valence electrons. The van der Waals surface area contributed by atoms with Crippen molar-refractivity contribution in [3.8, 4) is 0 Å². The monoisotopic (exact) mass is 439 g/mol. The van der Waals surface area contributed by atoms with Crippen molar-refractivity contribution in [1.29, 1.82) is 0 Å². The molecule has 1 aliphatic heterocycles.